The van der Waals surface area contributed by atoms with Gasteiger partial charge in [-0.15, -0.1) is 0 Å². The summed E-state index contributed by atoms with van der Waals surface area (Å²) in [5.74, 6) is 0. The Morgan fingerprint density at radius 1 is 1.29 bits per heavy atom. The van der Waals surface area contributed by atoms with Crippen LogP contribution in [0.1, 0.15) is 45.4 Å². The van der Waals surface area contributed by atoms with Gasteiger partial charge >= 0.3 is 0 Å². The summed E-state index contributed by atoms with van der Waals surface area (Å²) in [5.41, 5.74) is 0. The zero-order valence-corrected chi connectivity index (χ0v) is 11.5. The molecule has 17 heavy (non-hydrogen) atoms. The minimum Gasteiger partial charge on any atom is -0.376 e. The van der Waals surface area contributed by atoms with Crippen molar-refractivity contribution in [2.24, 2.45) is 0 Å². The molecule has 3 nitrogen and oxygen atoms in total. The zero-order valence-electron chi connectivity index (χ0n) is 11.5. The Morgan fingerprint density at radius 2 is 2.06 bits per heavy atom. The van der Waals surface area contributed by atoms with Gasteiger partial charge in [-0.1, -0.05) is 13.3 Å². The van der Waals surface area contributed by atoms with Crippen LogP contribution in [0.2, 0.25) is 0 Å². The molecule has 0 radical (unpaired) electrons. The average molecular weight is 240 g/mol. The second-order valence-electron chi connectivity index (χ2n) is 5.68. The Morgan fingerprint density at radius 3 is 2.65 bits per heavy atom. The summed E-state index contributed by atoms with van der Waals surface area (Å²) in [6, 6.07) is 1.65. The molecule has 2 fully saturated rings. The fourth-order valence-electron chi connectivity index (χ4n) is 2.21. The van der Waals surface area contributed by atoms with E-state index in [4.69, 9.17) is 4.74 Å². The van der Waals surface area contributed by atoms with Crippen molar-refractivity contribution in [3.8, 4) is 0 Å². The van der Waals surface area contributed by atoms with Crippen molar-refractivity contribution in [2.45, 2.75) is 63.6 Å². The van der Waals surface area contributed by atoms with Gasteiger partial charge in [0.05, 0.1) is 12.7 Å². The van der Waals surface area contributed by atoms with Crippen LogP contribution in [0.5, 0.6) is 0 Å². The fraction of sp³-hybridized carbons (Fsp3) is 1.00. The number of hydrogen-bond donors (Lipinski definition) is 1. The highest BCUT2D eigenvalue weighted by atomic mass is 16.5. The minimum atomic E-state index is 0.424. The van der Waals surface area contributed by atoms with Gasteiger partial charge in [0, 0.05) is 25.2 Å². The maximum absolute atomic E-state index is 6.01. The predicted molar refractivity (Wildman–Crippen MR) is 71.3 cm³/mol. The van der Waals surface area contributed by atoms with Gasteiger partial charge < -0.3 is 15.0 Å². The number of rotatable bonds is 10. The molecule has 0 aliphatic heterocycles. The Balaban J connectivity index is 1.54. The number of hydrogen-bond acceptors (Lipinski definition) is 3. The van der Waals surface area contributed by atoms with E-state index >= 15 is 0 Å². The van der Waals surface area contributed by atoms with E-state index in [2.05, 4.69) is 24.2 Å². The summed E-state index contributed by atoms with van der Waals surface area (Å²) in [6.07, 6.45) is 8.33. The summed E-state index contributed by atoms with van der Waals surface area (Å²) in [5, 5.41) is 3.58. The van der Waals surface area contributed by atoms with E-state index in [0.717, 1.165) is 31.8 Å². The molecule has 3 heteroatoms. The van der Waals surface area contributed by atoms with Gasteiger partial charge in [-0.2, -0.15) is 0 Å². The lowest BCUT2D eigenvalue weighted by molar-refractivity contribution is 0.0346. The number of nitrogens with zero attached hydrogens (tertiary/aromatic N) is 1. The summed E-state index contributed by atoms with van der Waals surface area (Å²) in [7, 11) is 2.22. The van der Waals surface area contributed by atoms with Gasteiger partial charge in [0.25, 0.3) is 0 Å². The van der Waals surface area contributed by atoms with Crippen molar-refractivity contribution in [3.05, 3.63) is 0 Å². The first-order chi connectivity index (χ1) is 8.29. The highest BCUT2D eigenvalue weighted by Gasteiger charge is 2.26. The van der Waals surface area contributed by atoms with Crippen molar-refractivity contribution in [3.63, 3.8) is 0 Å². The molecule has 0 saturated heterocycles. The normalized spacial score (nSPS) is 22.1. The summed E-state index contributed by atoms with van der Waals surface area (Å²) in [6.45, 7) is 5.27. The second kappa shape index (κ2) is 6.72. The lowest BCUT2D eigenvalue weighted by Gasteiger charge is -2.21. The van der Waals surface area contributed by atoms with E-state index in [1.807, 2.05) is 0 Å². The van der Waals surface area contributed by atoms with Gasteiger partial charge in [-0.3, -0.25) is 0 Å². The Labute approximate surface area is 106 Å². The third-order valence-corrected chi connectivity index (χ3v) is 3.79. The largest absolute Gasteiger partial charge is 0.376 e. The van der Waals surface area contributed by atoms with Crippen LogP contribution >= 0.6 is 0 Å². The molecule has 0 aromatic rings. The van der Waals surface area contributed by atoms with Crippen LogP contribution in [-0.2, 0) is 4.74 Å². The molecule has 100 valence electrons. The molecule has 0 bridgehead atoms. The molecule has 2 aliphatic rings. The van der Waals surface area contributed by atoms with Crippen molar-refractivity contribution >= 4 is 0 Å². The van der Waals surface area contributed by atoms with Crippen LogP contribution < -0.4 is 5.32 Å². The van der Waals surface area contributed by atoms with Crippen molar-refractivity contribution < 1.29 is 4.74 Å². The van der Waals surface area contributed by atoms with E-state index in [9.17, 15) is 0 Å². The molecule has 1 atom stereocenters. The van der Waals surface area contributed by atoms with Crippen molar-refractivity contribution in [2.75, 3.05) is 26.7 Å². The molecule has 0 aromatic carbocycles. The van der Waals surface area contributed by atoms with E-state index in [1.165, 1.54) is 38.5 Å². The van der Waals surface area contributed by atoms with E-state index in [1.54, 1.807) is 0 Å². The number of nitrogens with one attached hydrogen (secondary N) is 1. The Hall–Kier alpha value is -0.120. The summed E-state index contributed by atoms with van der Waals surface area (Å²) < 4.78 is 6.01. The molecule has 1 unspecified atom stereocenters. The maximum Gasteiger partial charge on any atom is 0.0700 e. The lowest BCUT2D eigenvalue weighted by Crippen LogP contribution is -2.33. The van der Waals surface area contributed by atoms with Gasteiger partial charge in [-0.25, -0.2) is 0 Å². The van der Waals surface area contributed by atoms with Crippen LogP contribution in [0.3, 0.4) is 0 Å². The minimum absolute atomic E-state index is 0.424. The smallest absolute Gasteiger partial charge is 0.0700 e. The molecule has 0 spiro atoms. The molecule has 0 heterocycles. The zero-order chi connectivity index (χ0) is 12.1. The molecule has 2 aliphatic carbocycles. The van der Waals surface area contributed by atoms with Gasteiger partial charge in [0.1, 0.15) is 0 Å². The molecular formula is C14H28N2O. The standard InChI is InChI=1S/C14H28N2O/c1-3-4-14(11-15-12-5-6-12)17-10-9-16(2)13-7-8-13/h12-15H,3-11H2,1-2H3. The molecule has 2 rings (SSSR count). The average Bonchev–Trinajstić information content (AvgIpc) is 3.18. The Bertz CT molecular complexity index is 214. The number of ether oxygens (including phenoxy) is 1. The van der Waals surface area contributed by atoms with Crippen LogP contribution in [-0.4, -0.2) is 49.8 Å². The van der Waals surface area contributed by atoms with Gasteiger partial charge in [0.2, 0.25) is 0 Å². The third-order valence-electron chi connectivity index (χ3n) is 3.79. The first kappa shape index (κ1) is 13.3. The second-order valence-corrected chi connectivity index (χ2v) is 5.68. The SMILES string of the molecule is CCCC(CNC1CC1)OCCN(C)C1CC1. The van der Waals surface area contributed by atoms with Crippen LogP contribution in [0.15, 0.2) is 0 Å². The van der Waals surface area contributed by atoms with Crippen LogP contribution in [0, 0.1) is 0 Å². The van der Waals surface area contributed by atoms with Crippen molar-refractivity contribution in [1.29, 1.82) is 0 Å². The van der Waals surface area contributed by atoms with E-state index in [0.29, 0.717) is 6.10 Å². The monoisotopic (exact) mass is 240 g/mol. The maximum atomic E-state index is 6.01. The van der Waals surface area contributed by atoms with Crippen LogP contribution in [0.4, 0.5) is 0 Å². The quantitative estimate of drug-likeness (QED) is 0.632. The summed E-state index contributed by atoms with van der Waals surface area (Å²) in [4.78, 5) is 2.44. The predicted octanol–water partition coefficient (Wildman–Crippen LogP) is 2.02. The summed E-state index contributed by atoms with van der Waals surface area (Å²) >= 11 is 0. The molecule has 0 amide bonds. The van der Waals surface area contributed by atoms with E-state index < -0.39 is 0 Å². The topological polar surface area (TPSA) is 24.5 Å². The molecule has 2 saturated carbocycles. The third kappa shape index (κ3) is 5.36. The van der Waals surface area contributed by atoms with E-state index in [-0.39, 0.29) is 0 Å². The number of likely N-dealkylation sites (N-methyl/N-ethyl adjacent to an activating group) is 1. The highest BCUT2D eigenvalue weighted by Crippen LogP contribution is 2.24. The highest BCUT2D eigenvalue weighted by molar-refractivity contribution is 4.83. The van der Waals surface area contributed by atoms with Crippen LogP contribution in [0.25, 0.3) is 0 Å². The Kier molecular flexibility index (Phi) is 5.26. The molecular weight excluding hydrogens is 212 g/mol. The molecule has 0 aromatic heterocycles. The first-order valence-corrected chi connectivity index (χ1v) is 7.34. The lowest BCUT2D eigenvalue weighted by atomic mass is 10.2. The first-order valence-electron chi connectivity index (χ1n) is 7.34. The van der Waals surface area contributed by atoms with Gasteiger partial charge in [0.15, 0.2) is 0 Å². The fourth-order valence-corrected chi connectivity index (χ4v) is 2.21. The van der Waals surface area contributed by atoms with Crippen molar-refractivity contribution in [1.82, 2.24) is 10.2 Å². The van der Waals surface area contributed by atoms with Gasteiger partial charge in [-0.05, 0) is 39.2 Å². The molecule has 1 N–H and O–H groups in total.